The summed E-state index contributed by atoms with van der Waals surface area (Å²) in [5.41, 5.74) is 5.44. The Morgan fingerprint density at radius 1 is 1.35 bits per heavy atom. The van der Waals surface area contributed by atoms with Crippen LogP contribution in [0.2, 0.25) is 0 Å². The maximum atomic E-state index is 12.5. The van der Waals surface area contributed by atoms with Crippen LogP contribution in [-0.4, -0.2) is 19.7 Å². The Bertz CT molecular complexity index is 603. The molecule has 2 aromatic rings. The number of nitrogens with zero attached hydrogens (tertiary/aromatic N) is 4. The second kappa shape index (κ2) is 5.20. The molecule has 2 N–H and O–H groups in total. The first-order valence-electron chi connectivity index (χ1n) is 6.02. The van der Waals surface area contributed by atoms with E-state index in [0.717, 1.165) is 10.7 Å². The molecule has 8 heteroatoms. The number of hydrogen-bond donors (Lipinski definition) is 1. The molecule has 0 spiro atoms. The van der Waals surface area contributed by atoms with Crippen molar-refractivity contribution < 1.29 is 13.2 Å². The molecule has 0 atom stereocenters. The van der Waals surface area contributed by atoms with Gasteiger partial charge in [0, 0.05) is 18.7 Å². The first-order chi connectivity index (χ1) is 9.32. The lowest BCUT2D eigenvalue weighted by atomic mass is 10.2. The fraction of sp³-hybridized carbons (Fsp3) is 0.417. The zero-order valence-corrected chi connectivity index (χ0v) is 11.0. The lowest BCUT2D eigenvalue weighted by Gasteiger charge is -2.10. The zero-order chi connectivity index (χ0) is 14.9. The quantitative estimate of drug-likeness (QED) is 0.939. The van der Waals surface area contributed by atoms with Gasteiger partial charge in [-0.2, -0.15) is 18.3 Å². The third-order valence-electron chi connectivity index (χ3n) is 2.70. The van der Waals surface area contributed by atoms with Crippen LogP contribution in [0.5, 0.6) is 0 Å². The molecule has 0 aliphatic heterocycles. The average Bonchev–Trinajstić information content (AvgIpc) is 2.87. The van der Waals surface area contributed by atoms with Gasteiger partial charge in [0.1, 0.15) is 11.5 Å². The van der Waals surface area contributed by atoms with Crippen molar-refractivity contribution >= 4 is 0 Å². The van der Waals surface area contributed by atoms with E-state index in [2.05, 4.69) is 15.1 Å². The highest BCUT2D eigenvalue weighted by Crippen LogP contribution is 2.28. The van der Waals surface area contributed by atoms with Crippen LogP contribution in [0.4, 0.5) is 13.2 Å². The normalized spacial score (nSPS) is 12.2. The highest BCUT2D eigenvalue weighted by molar-refractivity contribution is 5.34. The summed E-state index contributed by atoms with van der Waals surface area (Å²) in [6, 6.07) is 0.899. The predicted molar refractivity (Wildman–Crippen MR) is 66.1 cm³/mol. The molecular formula is C12H14F3N5. The molecule has 5 nitrogen and oxygen atoms in total. The largest absolute Gasteiger partial charge is 0.435 e. The topological polar surface area (TPSA) is 69.6 Å². The molecule has 0 fully saturated rings. The number of hydrogen-bond acceptors (Lipinski definition) is 4. The number of nitrogens with two attached hydrogens (primary N) is 1. The van der Waals surface area contributed by atoms with Gasteiger partial charge in [-0.05, 0) is 6.07 Å². The molecule has 108 valence electrons. The van der Waals surface area contributed by atoms with Gasteiger partial charge in [0.2, 0.25) is 0 Å². The van der Waals surface area contributed by atoms with E-state index in [-0.39, 0.29) is 12.5 Å². The number of halogens is 3. The van der Waals surface area contributed by atoms with E-state index < -0.39 is 11.9 Å². The molecule has 0 bridgehead atoms. The van der Waals surface area contributed by atoms with Crippen molar-refractivity contribution in [1.82, 2.24) is 19.7 Å². The smallest absolute Gasteiger partial charge is 0.325 e. The maximum absolute atomic E-state index is 12.5. The van der Waals surface area contributed by atoms with Gasteiger partial charge >= 0.3 is 6.18 Å². The minimum absolute atomic E-state index is 0.0960. The predicted octanol–water partition coefficient (Wildman–Crippen LogP) is 2.26. The summed E-state index contributed by atoms with van der Waals surface area (Å²) < 4.78 is 38.7. The van der Waals surface area contributed by atoms with Gasteiger partial charge in [-0.15, -0.1) is 0 Å². The highest BCUT2D eigenvalue weighted by Gasteiger charge is 2.33. The molecule has 0 amide bonds. The summed E-state index contributed by atoms with van der Waals surface area (Å²) in [6.07, 6.45) is -1.82. The van der Waals surface area contributed by atoms with Crippen LogP contribution in [0.25, 0.3) is 5.69 Å². The van der Waals surface area contributed by atoms with Crippen molar-refractivity contribution in [3.05, 3.63) is 35.7 Å². The molecular weight excluding hydrogens is 271 g/mol. The Hall–Kier alpha value is -1.96. The van der Waals surface area contributed by atoms with Gasteiger partial charge in [-0.25, -0.2) is 14.6 Å². The fourth-order valence-electron chi connectivity index (χ4n) is 1.66. The summed E-state index contributed by atoms with van der Waals surface area (Å²) in [4.78, 5) is 8.39. The summed E-state index contributed by atoms with van der Waals surface area (Å²) in [6.45, 7) is 3.94. The average molecular weight is 285 g/mol. The zero-order valence-electron chi connectivity index (χ0n) is 11.0. The van der Waals surface area contributed by atoms with E-state index in [1.807, 2.05) is 13.8 Å². The fourth-order valence-corrected chi connectivity index (χ4v) is 1.66. The Balaban J connectivity index is 2.45. The second-order valence-corrected chi connectivity index (χ2v) is 4.56. The van der Waals surface area contributed by atoms with E-state index in [0.29, 0.717) is 17.2 Å². The minimum atomic E-state index is -4.48. The Morgan fingerprint density at radius 2 is 2.05 bits per heavy atom. The van der Waals surface area contributed by atoms with Gasteiger partial charge < -0.3 is 5.73 Å². The first-order valence-corrected chi connectivity index (χ1v) is 6.02. The molecule has 0 aliphatic rings. The standard InChI is InChI=1S/C12H14F3N5/c1-7(2)11-17-6-9(8(5-16)18-11)20-4-3-10(19-20)12(13,14)15/h3-4,6-7H,5,16H2,1-2H3. The molecule has 2 rings (SSSR count). The molecule has 0 unspecified atom stereocenters. The summed E-state index contributed by atoms with van der Waals surface area (Å²) in [5.74, 6) is 0.704. The Morgan fingerprint density at radius 3 is 2.55 bits per heavy atom. The van der Waals surface area contributed by atoms with Gasteiger partial charge in [0.05, 0.1) is 11.9 Å². The van der Waals surface area contributed by atoms with E-state index in [9.17, 15) is 13.2 Å². The van der Waals surface area contributed by atoms with Crippen LogP contribution in [-0.2, 0) is 12.7 Å². The third-order valence-corrected chi connectivity index (χ3v) is 2.70. The van der Waals surface area contributed by atoms with Crippen molar-refractivity contribution in [2.24, 2.45) is 5.73 Å². The molecule has 0 saturated heterocycles. The molecule has 2 heterocycles. The summed E-state index contributed by atoms with van der Waals surface area (Å²) >= 11 is 0. The minimum Gasteiger partial charge on any atom is -0.325 e. The Kier molecular flexibility index (Phi) is 3.76. The van der Waals surface area contributed by atoms with E-state index in [4.69, 9.17) is 5.73 Å². The first kappa shape index (κ1) is 14.4. The van der Waals surface area contributed by atoms with Crippen LogP contribution in [0.1, 0.15) is 37.0 Å². The van der Waals surface area contributed by atoms with E-state index in [1.165, 1.54) is 12.4 Å². The third kappa shape index (κ3) is 2.79. The second-order valence-electron chi connectivity index (χ2n) is 4.56. The molecule has 0 aromatic carbocycles. The van der Waals surface area contributed by atoms with Crippen LogP contribution in [0.3, 0.4) is 0 Å². The molecule has 0 radical (unpaired) electrons. The highest BCUT2D eigenvalue weighted by atomic mass is 19.4. The van der Waals surface area contributed by atoms with Crippen molar-refractivity contribution in [2.45, 2.75) is 32.5 Å². The van der Waals surface area contributed by atoms with Gasteiger partial charge in [-0.3, -0.25) is 0 Å². The van der Waals surface area contributed by atoms with Crippen LogP contribution in [0, 0.1) is 0 Å². The number of aromatic nitrogens is 4. The summed E-state index contributed by atoms with van der Waals surface area (Å²) in [5, 5.41) is 3.49. The van der Waals surface area contributed by atoms with Crippen LogP contribution >= 0.6 is 0 Å². The van der Waals surface area contributed by atoms with E-state index >= 15 is 0 Å². The van der Waals surface area contributed by atoms with Gasteiger partial charge in [0.15, 0.2) is 5.69 Å². The van der Waals surface area contributed by atoms with Gasteiger partial charge in [0.25, 0.3) is 0 Å². The lowest BCUT2D eigenvalue weighted by Crippen LogP contribution is -2.13. The molecule has 20 heavy (non-hydrogen) atoms. The van der Waals surface area contributed by atoms with E-state index in [1.54, 1.807) is 0 Å². The van der Waals surface area contributed by atoms with Crippen LogP contribution in [0.15, 0.2) is 18.5 Å². The monoisotopic (exact) mass is 285 g/mol. The maximum Gasteiger partial charge on any atom is 0.435 e. The van der Waals surface area contributed by atoms with Crippen molar-refractivity contribution in [3.63, 3.8) is 0 Å². The lowest BCUT2D eigenvalue weighted by molar-refractivity contribution is -0.141. The van der Waals surface area contributed by atoms with Gasteiger partial charge in [-0.1, -0.05) is 13.8 Å². The summed E-state index contributed by atoms with van der Waals surface area (Å²) in [7, 11) is 0. The number of rotatable bonds is 3. The molecule has 0 aliphatic carbocycles. The molecule has 0 saturated carbocycles. The van der Waals surface area contributed by atoms with Crippen LogP contribution < -0.4 is 5.73 Å². The van der Waals surface area contributed by atoms with Crippen molar-refractivity contribution in [3.8, 4) is 5.69 Å². The number of alkyl halides is 3. The SMILES string of the molecule is CC(C)c1ncc(-n2ccc(C(F)(F)F)n2)c(CN)n1. The Labute approximate surface area is 113 Å². The van der Waals surface area contributed by atoms with Crippen molar-refractivity contribution in [2.75, 3.05) is 0 Å². The molecule has 2 aromatic heterocycles. The van der Waals surface area contributed by atoms with Crippen molar-refractivity contribution in [1.29, 1.82) is 0 Å².